The quantitative estimate of drug-likeness (QED) is 0.764. The maximum Gasteiger partial charge on any atom is 0.253 e. The molecule has 0 heterocycles. The fraction of sp³-hybridized carbons (Fsp3) is 0.231. The summed E-state index contributed by atoms with van der Waals surface area (Å²) in [6, 6.07) is 7.24. The third-order valence-corrected chi connectivity index (χ3v) is 2.78. The van der Waals surface area contributed by atoms with Crippen molar-refractivity contribution in [3.8, 4) is 0 Å². The van der Waals surface area contributed by atoms with Crippen molar-refractivity contribution >= 4 is 17.3 Å². The van der Waals surface area contributed by atoms with Crippen molar-refractivity contribution < 1.29 is 9.59 Å². The molecule has 0 atom stereocenters. The van der Waals surface area contributed by atoms with E-state index in [9.17, 15) is 9.59 Å². The zero-order valence-corrected chi connectivity index (χ0v) is 9.28. The number of carbonyl (C=O) groups excluding carboxylic acids is 2. The van der Waals surface area contributed by atoms with E-state index >= 15 is 0 Å². The van der Waals surface area contributed by atoms with Gasteiger partial charge in [0.2, 0.25) is 0 Å². The van der Waals surface area contributed by atoms with Crippen LogP contribution in [0.5, 0.6) is 0 Å². The van der Waals surface area contributed by atoms with Crippen LogP contribution < -0.4 is 5.73 Å². The number of nitrogens with two attached hydrogens (primary N) is 1. The monoisotopic (exact) mass is 215 g/mol. The summed E-state index contributed by atoms with van der Waals surface area (Å²) in [6.07, 6.45) is 0. The van der Waals surface area contributed by atoms with Gasteiger partial charge in [-0.1, -0.05) is 38.1 Å². The highest BCUT2D eigenvalue weighted by Crippen LogP contribution is 2.37. The van der Waals surface area contributed by atoms with Crippen molar-refractivity contribution in [1.29, 1.82) is 0 Å². The van der Waals surface area contributed by atoms with Gasteiger partial charge in [0.25, 0.3) is 5.91 Å². The van der Waals surface area contributed by atoms with Crippen LogP contribution in [0.2, 0.25) is 0 Å². The minimum atomic E-state index is -0.634. The summed E-state index contributed by atoms with van der Waals surface area (Å²) >= 11 is 0. The van der Waals surface area contributed by atoms with Gasteiger partial charge < -0.3 is 5.73 Å². The summed E-state index contributed by atoms with van der Waals surface area (Å²) in [5, 5.41) is 0. The molecular weight excluding hydrogens is 202 g/mol. The number of fused-ring (bicyclic) bond motifs is 1. The van der Waals surface area contributed by atoms with Crippen molar-refractivity contribution in [1.82, 2.24) is 0 Å². The zero-order chi connectivity index (χ0) is 11.9. The lowest BCUT2D eigenvalue weighted by Gasteiger charge is -2.09. The first kappa shape index (κ1) is 10.6. The fourth-order valence-electron chi connectivity index (χ4n) is 2.15. The molecular formula is C13H13NO2. The molecule has 3 nitrogen and oxygen atoms in total. The molecule has 1 aromatic rings. The van der Waals surface area contributed by atoms with E-state index in [1.165, 1.54) is 0 Å². The van der Waals surface area contributed by atoms with Gasteiger partial charge in [-0.25, -0.2) is 0 Å². The average molecular weight is 215 g/mol. The van der Waals surface area contributed by atoms with Gasteiger partial charge >= 0.3 is 0 Å². The van der Waals surface area contributed by atoms with Crippen LogP contribution in [0.4, 0.5) is 0 Å². The first-order valence-corrected chi connectivity index (χ1v) is 5.22. The number of carbonyl (C=O) groups is 2. The van der Waals surface area contributed by atoms with Crippen LogP contribution in [0, 0.1) is 5.92 Å². The third-order valence-electron chi connectivity index (χ3n) is 2.78. The van der Waals surface area contributed by atoms with E-state index in [0.29, 0.717) is 5.56 Å². The fourth-order valence-corrected chi connectivity index (χ4v) is 2.15. The van der Waals surface area contributed by atoms with Gasteiger partial charge in [0.05, 0.1) is 5.57 Å². The Morgan fingerprint density at radius 2 is 1.75 bits per heavy atom. The number of rotatable bonds is 2. The van der Waals surface area contributed by atoms with E-state index in [1.807, 2.05) is 26.0 Å². The number of amides is 1. The Morgan fingerprint density at radius 1 is 1.19 bits per heavy atom. The Labute approximate surface area is 94.0 Å². The maximum absolute atomic E-state index is 12.0. The van der Waals surface area contributed by atoms with Crippen LogP contribution in [-0.4, -0.2) is 11.7 Å². The lowest BCUT2D eigenvalue weighted by atomic mass is 9.95. The normalized spacial score (nSPS) is 14.6. The molecule has 1 aromatic carbocycles. The van der Waals surface area contributed by atoms with Crippen LogP contribution in [-0.2, 0) is 4.79 Å². The van der Waals surface area contributed by atoms with Crippen molar-refractivity contribution in [2.45, 2.75) is 13.8 Å². The summed E-state index contributed by atoms with van der Waals surface area (Å²) in [5.41, 5.74) is 7.63. The molecule has 0 unspecified atom stereocenters. The van der Waals surface area contributed by atoms with Crippen molar-refractivity contribution in [3.05, 3.63) is 41.0 Å². The Hall–Kier alpha value is -1.90. The number of primary amides is 1. The van der Waals surface area contributed by atoms with Gasteiger partial charge in [-0.2, -0.15) is 0 Å². The molecule has 2 rings (SSSR count). The van der Waals surface area contributed by atoms with E-state index in [4.69, 9.17) is 5.73 Å². The van der Waals surface area contributed by atoms with Gasteiger partial charge in [-0.05, 0) is 17.1 Å². The number of hydrogen-bond donors (Lipinski definition) is 1. The molecule has 1 aliphatic rings. The van der Waals surface area contributed by atoms with E-state index in [1.54, 1.807) is 12.1 Å². The predicted molar refractivity (Wildman–Crippen MR) is 61.7 cm³/mol. The summed E-state index contributed by atoms with van der Waals surface area (Å²) in [5.74, 6) is -0.771. The van der Waals surface area contributed by atoms with Crippen LogP contribution in [0.25, 0.3) is 5.57 Å². The molecule has 16 heavy (non-hydrogen) atoms. The molecule has 3 heteroatoms. The first-order chi connectivity index (χ1) is 7.54. The highest BCUT2D eigenvalue weighted by Gasteiger charge is 2.33. The number of allylic oxidation sites excluding steroid dienone is 1. The topological polar surface area (TPSA) is 60.2 Å². The molecule has 0 spiro atoms. The van der Waals surface area contributed by atoms with Gasteiger partial charge in [-0.3, -0.25) is 9.59 Å². The van der Waals surface area contributed by atoms with Crippen LogP contribution >= 0.6 is 0 Å². The van der Waals surface area contributed by atoms with E-state index < -0.39 is 5.91 Å². The SMILES string of the molecule is CC(C)C1=C(C(N)=O)C(=O)c2ccccc21. The predicted octanol–water partition coefficient (Wildman–Crippen LogP) is 1.78. The van der Waals surface area contributed by atoms with E-state index in [2.05, 4.69) is 0 Å². The first-order valence-electron chi connectivity index (χ1n) is 5.22. The molecule has 0 bridgehead atoms. The molecule has 1 amide bonds. The lowest BCUT2D eigenvalue weighted by Crippen LogP contribution is -2.19. The Balaban J connectivity index is 2.72. The molecule has 0 fully saturated rings. The maximum atomic E-state index is 12.0. The molecule has 1 aliphatic carbocycles. The number of benzene rings is 1. The minimum absolute atomic E-state index is 0.107. The Kier molecular flexibility index (Phi) is 2.38. The van der Waals surface area contributed by atoms with Gasteiger partial charge in [0.15, 0.2) is 5.78 Å². The second-order valence-electron chi connectivity index (χ2n) is 4.18. The second-order valence-corrected chi connectivity index (χ2v) is 4.18. The average Bonchev–Trinajstić information content (AvgIpc) is 2.53. The zero-order valence-electron chi connectivity index (χ0n) is 9.28. The molecule has 2 N–H and O–H groups in total. The van der Waals surface area contributed by atoms with Crippen LogP contribution in [0.15, 0.2) is 29.8 Å². The second kappa shape index (κ2) is 3.59. The van der Waals surface area contributed by atoms with Crippen molar-refractivity contribution in [3.63, 3.8) is 0 Å². The van der Waals surface area contributed by atoms with Crippen LogP contribution in [0.3, 0.4) is 0 Å². The number of ketones is 1. The minimum Gasteiger partial charge on any atom is -0.365 e. The summed E-state index contributed by atoms with van der Waals surface area (Å²) in [7, 11) is 0. The number of Topliss-reactive ketones (excluding diaryl/α,β-unsaturated/α-hetero) is 1. The van der Waals surface area contributed by atoms with E-state index in [-0.39, 0.29) is 17.3 Å². The van der Waals surface area contributed by atoms with Gasteiger partial charge in [-0.15, -0.1) is 0 Å². The highest BCUT2D eigenvalue weighted by atomic mass is 16.2. The van der Waals surface area contributed by atoms with Gasteiger partial charge in [0.1, 0.15) is 0 Å². The smallest absolute Gasteiger partial charge is 0.253 e. The van der Waals surface area contributed by atoms with Crippen molar-refractivity contribution in [2.75, 3.05) is 0 Å². The lowest BCUT2D eigenvalue weighted by molar-refractivity contribution is -0.114. The molecule has 0 aromatic heterocycles. The molecule has 0 saturated carbocycles. The molecule has 0 radical (unpaired) electrons. The number of hydrogen-bond acceptors (Lipinski definition) is 2. The highest BCUT2D eigenvalue weighted by molar-refractivity contribution is 6.34. The van der Waals surface area contributed by atoms with Crippen LogP contribution in [0.1, 0.15) is 29.8 Å². The summed E-state index contributed by atoms with van der Waals surface area (Å²) in [4.78, 5) is 23.3. The van der Waals surface area contributed by atoms with Crippen molar-refractivity contribution in [2.24, 2.45) is 11.7 Å². The summed E-state index contributed by atoms with van der Waals surface area (Å²) < 4.78 is 0. The standard InChI is InChI=1S/C13H13NO2/c1-7(2)10-8-5-3-4-6-9(8)12(15)11(10)13(14)16/h3-7H,1-2H3,(H2,14,16). The summed E-state index contributed by atoms with van der Waals surface area (Å²) in [6.45, 7) is 3.90. The molecule has 82 valence electrons. The van der Waals surface area contributed by atoms with E-state index in [0.717, 1.165) is 11.1 Å². The molecule has 0 saturated heterocycles. The largest absolute Gasteiger partial charge is 0.365 e. The third kappa shape index (κ3) is 1.36. The molecule has 0 aliphatic heterocycles. The van der Waals surface area contributed by atoms with Gasteiger partial charge in [0, 0.05) is 5.56 Å². The Bertz CT molecular complexity index is 512. The Morgan fingerprint density at radius 3 is 2.25 bits per heavy atom.